The minimum absolute atomic E-state index is 0.203. The summed E-state index contributed by atoms with van der Waals surface area (Å²) in [5.74, 6) is 0. The van der Waals surface area contributed by atoms with E-state index in [1.54, 1.807) is 0 Å². The van der Waals surface area contributed by atoms with Crippen molar-refractivity contribution in [3.05, 3.63) is 35.4 Å². The van der Waals surface area contributed by atoms with E-state index in [1.807, 2.05) is 0 Å². The van der Waals surface area contributed by atoms with Gasteiger partial charge in [-0.2, -0.15) is 0 Å². The van der Waals surface area contributed by atoms with Gasteiger partial charge in [0.1, 0.15) is 0 Å². The molecule has 2 bridgehead atoms. The van der Waals surface area contributed by atoms with Gasteiger partial charge in [-0.3, -0.25) is 0 Å². The molecule has 0 aromatic heterocycles. The zero-order chi connectivity index (χ0) is 11.9. The third kappa shape index (κ3) is 1.80. The fourth-order valence-electron chi connectivity index (χ4n) is 3.55. The van der Waals surface area contributed by atoms with Crippen LogP contribution in [0.4, 0.5) is 0 Å². The van der Waals surface area contributed by atoms with Crippen LogP contribution in [0.1, 0.15) is 30.4 Å². The number of benzene rings is 1. The molecule has 3 atom stereocenters. The van der Waals surface area contributed by atoms with E-state index in [-0.39, 0.29) is 5.41 Å². The second-order valence-electron chi connectivity index (χ2n) is 5.70. The first-order valence-electron chi connectivity index (χ1n) is 6.63. The van der Waals surface area contributed by atoms with Crippen molar-refractivity contribution in [2.24, 2.45) is 11.1 Å². The fourth-order valence-corrected chi connectivity index (χ4v) is 3.55. The topological polar surface area (TPSA) is 35.2 Å². The van der Waals surface area contributed by atoms with E-state index in [4.69, 9.17) is 10.5 Å². The van der Waals surface area contributed by atoms with Gasteiger partial charge in [0, 0.05) is 12.0 Å². The van der Waals surface area contributed by atoms with Crippen molar-refractivity contribution >= 4 is 0 Å². The summed E-state index contributed by atoms with van der Waals surface area (Å²) in [5.41, 5.74) is 9.09. The van der Waals surface area contributed by atoms with Gasteiger partial charge in [-0.25, -0.2) is 0 Å². The Labute approximate surface area is 103 Å². The maximum atomic E-state index is 6.07. The number of hydrogen-bond acceptors (Lipinski definition) is 2. The van der Waals surface area contributed by atoms with E-state index in [0.717, 1.165) is 19.4 Å². The molecule has 3 unspecified atom stereocenters. The lowest BCUT2D eigenvalue weighted by Gasteiger charge is -2.34. The van der Waals surface area contributed by atoms with E-state index in [1.165, 1.54) is 24.0 Å². The molecule has 17 heavy (non-hydrogen) atoms. The summed E-state index contributed by atoms with van der Waals surface area (Å²) in [7, 11) is 0. The number of rotatable bonds is 3. The molecule has 2 fully saturated rings. The van der Waals surface area contributed by atoms with Crippen LogP contribution in [0, 0.1) is 12.3 Å². The molecule has 0 amide bonds. The van der Waals surface area contributed by atoms with E-state index in [0.29, 0.717) is 12.2 Å². The molecule has 0 radical (unpaired) electrons. The van der Waals surface area contributed by atoms with Crippen LogP contribution < -0.4 is 5.73 Å². The quantitative estimate of drug-likeness (QED) is 0.867. The molecule has 92 valence electrons. The van der Waals surface area contributed by atoms with Crippen LogP contribution in [0.3, 0.4) is 0 Å². The molecule has 0 saturated carbocycles. The number of aryl methyl sites for hydroxylation is 1. The van der Waals surface area contributed by atoms with Crippen molar-refractivity contribution in [3.8, 4) is 0 Å². The van der Waals surface area contributed by atoms with Gasteiger partial charge in [0.15, 0.2) is 0 Å². The summed E-state index contributed by atoms with van der Waals surface area (Å²) in [4.78, 5) is 0. The van der Waals surface area contributed by atoms with Crippen molar-refractivity contribution in [1.82, 2.24) is 0 Å². The van der Waals surface area contributed by atoms with Gasteiger partial charge >= 0.3 is 0 Å². The first-order chi connectivity index (χ1) is 8.23. The molecule has 2 aliphatic rings. The van der Waals surface area contributed by atoms with Crippen LogP contribution in [-0.2, 0) is 11.2 Å². The summed E-state index contributed by atoms with van der Waals surface area (Å²) in [6, 6.07) is 8.65. The molecule has 2 nitrogen and oxygen atoms in total. The largest absolute Gasteiger partial charge is 0.374 e. The molecule has 2 aliphatic heterocycles. The average molecular weight is 231 g/mol. The lowest BCUT2D eigenvalue weighted by atomic mass is 9.70. The normalized spacial score (nSPS) is 35.4. The van der Waals surface area contributed by atoms with Crippen LogP contribution in [0.25, 0.3) is 0 Å². The minimum Gasteiger partial charge on any atom is -0.374 e. The highest BCUT2D eigenvalue weighted by Gasteiger charge is 2.51. The summed E-state index contributed by atoms with van der Waals surface area (Å²) in [6.07, 6.45) is 5.55. The van der Waals surface area contributed by atoms with E-state index >= 15 is 0 Å². The maximum Gasteiger partial charge on any atom is 0.0652 e. The van der Waals surface area contributed by atoms with Crippen molar-refractivity contribution in [2.75, 3.05) is 6.54 Å². The fraction of sp³-hybridized carbons (Fsp3) is 0.600. The number of ether oxygens (including phenoxy) is 1. The van der Waals surface area contributed by atoms with Crippen LogP contribution in [-0.4, -0.2) is 18.8 Å². The molecular formula is C15H21NO. The van der Waals surface area contributed by atoms with Gasteiger partial charge < -0.3 is 10.5 Å². The summed E-state index contributed by atoms with van der Waals surface area (Å²) in [6.45, 7) is 2.94. The molecule has 1 aromatic carbocycles. The van der Waals surface area contributed by atoms with Crippen molar-refractivity contribution in [3.63, 3.8) is 0 Å². The lowest BCUT2D eigenvalue weighted by Crippen LogP contribution is -2.41. The number of nitrogens with two attached hydrogens (primary N) is 1. The molecule has 2 saturated heterocycles. The van der Waals surface area contributed by atoms with Gasteiger partial charge in [0.25, 0.3) is 0 Å². The predicted octanol–water partition coefficient (Wildman–Crippen LogP) is 2.43. The molecular weight excluding hydrogens is 210 g/mol. The number of fused-ring (bicyclic) bond motifs is 2. The average Bonchev–Trinajstić information content (AvgIpc) is 2.93. The maximum absolute atomic E-state index is 6.07. The lowest BCUT2D eigenvalue weighted by molar-refractivity contribution is 0.0636. The second-order valence-corrected chi connectivity index (χ2v) is 5.70. The molecule has 2 N–H and O–H groups in total. The summed E-state index contributed by atoms with van der Waals surface area (Å²) >= 11 is 0. The Bertz CT molecular complexity index is 417. The van der Waals surface area contributed by atoms with E-state index < -0.39 is 0 Å². The Balaban J connectivity index is 1.86. The third-order valence-corrected chi connectivity index (χ3v) is 4.64. The van der Waals surface area contributed by atoms with Crippen LogP contribution in [0.2, 0.25) is 0 Å². The molecule has 1 aromatic rings. The first kappa shape index (κ1) is 11.2. The van der Waals surface area contributed by atoms with Crippen LogP contribution >= 0.6 is 0 Å². The van der Waals surface area contributed by atoms with Gasteiger partial charge in [-0.1, -0.05) is 24.3 Å². The summed E-state index contributed by atoms with van der Waals surface area (Å²) in [5, 5.41) is 0. The van der Waals surface area contributed by atoms with Gasteiger partial charge in [-0.15, -0.1) is 0 Å². The molecule has 2 heterocycles. The van der Waals surface area contributed by atoms with Gasteiger partial charge in [0.2, 0.25) is 0 Å². The first-order valence-corrected chi connectivity index (χ1v) is 6.63. The number of hydrogen-bond donors (Lipinski definition) is 1. The molecule has 2 heteroatoms. The van der Waals surface area contributed by atoms with Gasteiger partial charge in [0.05, 0.1) is 12.2 Å². The molecule has 0 aliphatic carbocycles. The second kappa shape index (κ2) is 4.11. The highest BCUT2D eigenvalue weighted by molar-refractivity contribution is 5.28. The SMILES string of the molecule is Cc1ccccc1CC1(CN)CC2CCC1O2. The van der Waals surface area contributed by atoms with Gasteiger partial charge in [-0.05, 0) is 43.7 Å². The third-order valence-electron chi connectivity index (χ3n) is 4.64. The molecule has 3 rings (SSSR count). The Morgan fingerprint density at radius 2 is 2.18 bits per heavy atom. The highest BCUT2D eigenvalue weighted by atomic mass is 16.5. The minimum atomic E-state index is 0.203. The van der Waals surface area contributed by atoms with Crippen molar-refractivity contribution < 1.29 is 4.74 Å². The van der Waals surface area contributed by atoms with E-state index in [2.05, 4.69) is 31.2 Å². The van der Waals surface area contributed by atoms with Crippen molar-refractivity contribution in [1.29, 1.82) is 0 Å². The van der Waals surface area contributed by atoms with Crippen LogP contribution in [0.5, 0.6) is 0 Å². The monoisotopic (exact) mass is 231 g/mol. The summed E-state index contributed by atoms with van der Waals surface area (Å²) < 4.78 is 6.01. The smallest absolute Gasteiger partial charge is 0.0652 e. The Morgan fingerprint density at radius 1 is 1.35 bits per heavy atom. The van der Waals surface area contributed by atoms with E-state index in [9.17, 15) is 0 Å². The molecule has 0 spiro atoms. The standard InChI is InChI=1S/C15H21NO/c1-11-4-2-3-5-12(11)8-15(10-16)9-13-6-7-14(15)17-13/h2-5,13-14H,6-10,16H2,1H3. The van der Waals surface area contributed by atoms with Crippen molar-refractivity contribution in [2.45, 2.75) is 44.8 Å². The predicted molar refractivity (Wildman–Crippen MR) is 68.9 cm³/mol. The van der Waals surface area contributed by atoms with Crippen LogP contribution in [0.15, 0.2) is 24.3 Å². The zero-order valence-electron chi connectivity index (χ0n) is 10.5. The Kier molecular flexibility index (Phi) is 2.72. The Hall–Kier alpha value is -0.860. The highest BCUT2D eigenvalue weighted by Crippen LogP contribution is 2.49. The zero-order valence-corrected chi connectivity index (χ0v) is 10.5. The Morgan fingerprint density at radius 3 is 2.76 bits per heavy atom.